The van der Waals surface area contributed by atoms with Crippen molar-refractivity contribution in [1.82, 2.24) is 9.97 Å². The molecule has 0 radical (unpaired) electrons. The largest absolute Gasteiger partial charge is 0.496 e. The van der Waals surface area contributed by atoms with Gasteiger partial charge in [0.15, 0.2) is 0 Å². The topological polar surface area (TPSA) is 122 Å². The van der Waals surface area contributed by atoms with E-state index in [1.165, 1.54) is 34.1 Å². The lowest BCUT2D eigenvalue weighted by Crippen LogP contribution is -2.24. The minimum atomic E-state index is -4.65. The van der Waals surface area contributed by atoms with E-state index in [4.69, 9.17) is 22.1 Å². The molecule has 5 N–H and O–H groups in total. The number of nitrogens with zero attached hydrogens (tertiary/aromatic N) is 2. The van der Waals surface area contributed by atoms with E-state index in [-0.39, 0.29) is 40.0 Å². The molecule has 8 nitrogen and oxygen atoms in total. The molecule has 1 heterocycles. The summed E-state index contributed by atoms with van der Waals surface area (Å²) >= 11 is 6.31. The van der Waals surface area contributed by atoms with Gasteiger partial charge in [0.2, 0.25) is 5.95 Å². The van der Waals surface area contributed by atoms with Crippen molar-refractivity contribution in [2.45, 2.75) is 32.0 Å². The number of anilines is 3. The number of aliphatic hydroxyl groups is 1. The Morgan fingerprint density at radius 1 is 1.37 bits per heavy atom. The van der Waals surface area contributed by atoms with E-state index in [1.54, 1.807) is 0 Å². The van der Waals surface area contributed by atoms with Crippen LogP contribution in [0.4, 0.5) is 30.6 Å². The number of ether oxygens (including phenoxy) is 1. The lowest BCUT2D eigenvalue weighted by Gasteiger charge is -2.24. The van der Waals surface area contributed by atoms with Gasteiger partial charge in [-0.05, 0) is 19.9 Å². The van der Waals surface area contributed by atoms with Crippen molar-refractivity contribution >= 4 is 35.0 Å². The minimum absolute atomic E-state index is 0.0124. The van der Waals surface area contributed by atoms with Gasteiger partial charge in [0.1, 0.15) is 17.1 Å². The Hall–Kier alpha value is -2.79. The predicted octanol–water partition coefficient (Wildman–Crippen LogP) is 3.36. The summed E-state index contributed by atoms with van der Waals surface area (Å²) in [4.78, 5) is 19.3. The molecule has 1 aromatic heterocycles. The molecule has 1 aromatic carbocycles. The SMILES string of the molecule is CNc1nc(Nc2c(Cl)cc(C(N)=O)c(OC)c2CC(C)(C)O)ncc1C(F)(F)F. The number of hydrogen-bond donors (Lipinski definition) is 4. The highest BCUT2D eigenvalue weighted by molar-refractivity contribution is 6.34. The second kappa shape index (κ2) is 8.52. The van der Waals surface area contributed by atoms with Crippen LogP contribution in [0, 0.1) is 0 Å². The summed E-state index contributed by atoms with van der Waals surface area (Å²) in [5.41, 5.74) is 3.51. The summed E-state index contributed by atoms with van der Waals surface area (Å²) in [6, 6.07) is 1.25. The van der Waals surface area contributed by atoms with Crippen LogP contribution in [0.5, 0.6) is 5.75 Å². The quantitative estimate of drug-likeness (QED) is 0.513. The number of hydrogen-bond acceptors (Lipinski definition) is 7. The number of halogens is 4. The van der Waals surface area contributed by atoms with Crippen LogP contribution >= 0.6 is 11.6 Å². The fourth-order valence-corrected chi connectivity index (χ4v) is 3.06. The predicted molar refractivity (Wildman–Crippen MR) is 106 cm³/mol. The summed E-state index contributed by atoms with van der Waals surface area (Å²) in [6.07, 6.45) is -4.05. The number of carbonyl (C=O) groups is 1. The summed E-state index contributed by atoms with van der Waals surface area (Å²) in [5.74, 6) is -1.38. The zero-order valence-corrected chi connectivity index (χ0v) is 17.4. The Morgan fingerprint density at radius 3 is 2.47 bits per heavy atom. The van der Waals surface area contributed by atoms with Gasteiger partial charge in [-0.3, -0.25) is 4.79 Å². The molecule has 0 atom stereocenters. The minimum Gasteiger partial charge on any atom is -0.496 e. The van der Waals surface area contributed by atoms with Crippen molar-refractivity contribution in [3.05, 3.63) is 34.0 Å². The smallest absolute Gasteiger partial charge is 0.421 e. The van der Waals surface area contributed by atoms with Gasteiger partial charge >= 0.3 is 6.18 Å². The Kier molecular flexibility index (Phi) is 6.67. The first kappa shape index (κ1) is 23.5. The number of amides is 1. The second-order valence-corrected chi connectivity index (χ2v) is 7.38. The number of aromatic nitrogens is 2. The molecule has 0 unspecified atom stereocenters. The molecule has 0 bridgehead atoms. The van der Waals surface area contributed by atoms with Gasteiger partial charge in [-0.25, -0.2) is 4.98 Å². The molecule has 2 rings (SSSR count). The standard InChI is InChI=1S/C18H21ClF3N5O3/c1-17(2,29)6-9-12(11(19)5-8(14(23)28)13(9)30-4)26-16-25-7-10(18(20,21)22)15(24-3)27-16/h5,7,29H,6H2,1-4H3,(H2,23,28)(H2,24,25,26,27). The van der Waals surface area contributed by atoms with E-state index in [2.05, 4.69) is 20.6 Å². The van der Waals surface area contributed by atoms with Crippen LogP contribution in [-0.2, 0) is 12.6 Å². The van der Waals surface area contributed by atoms with Crippen LogP contribution < -0.4 is 21.1 Å². The summed E-state index contributed by atoms with van der Waals surface area (Å²) in [6.45, 7) is 3.05. The average molecular weight is 448 g/mol. The maximum absolute atomic E-state index is 13.1. The normalized spacial score (nSPS) is 11.9. The van der Waals surface area contributed by atoms with Crippen molar-refractivity contribution in [3.63, 3.8) is 0 Å². The first-order valence-corrected chi connectivity index (χ1v) is 8.96. The van der Waals surface area contributed by atoms with Crippen LogP contribution in [0.15, 0.2) is 12.3 Å². The molecular weight excluding hydrogens is 427 g/mol. The molecule has 30 heavy (non-hydrogen) atoms. The summed E-state index contributed by atoms with van der Waals surface area (Å²) < 4.78 is 44.5. The molecule has 2 aromatic rings. The van der Waals surface area contributed by atoms with E-state index in [0.717, 1.165) is 0 Å². The van der Waals surface area contributed by atoms with Crippen LogP contribution in [0.2, 0.25) is 5.02 Å². The zero-order chi connectivity index (χ0) is 22.9. The van der Waals surface area contributed by atoms with Crippen molar-refractivity contribution in [2.24, 2.45) is 5.73 Å². The van der Waals surface area contributed by atoms with E-state index in [1.807, 2.05) is 0 Å². The molecule has 12 heteroatoms. The monoisotopic (exact) mass is 447 g/mol. The number of carbonyl (C=O) groups excluding carboxylic acids is 1. The van der Waals surface area contributed by atoms with Crippen molar-refractivity contribution < 1.29 is 27.8 Å². The van der Waals surface area contributed by atoms with Gasteiger partial charge in [-0.1, -0.05) is 11.6 Å². The molecule has 0 spiro atoms. The fraction of sp³-hybridized carbons (Fsp3) is 0.389. The second-order valence-electron chi connectivity index (χ2n) is 6.97. The molecule has 1 amide bonds. The van der Waals surface area contributed by atoms with E-state index >= 15 is 0 Å². The number of primary amides is 1. The van der Waals surface area contributed by atoms with Crippen molar-refractivity contribution in [2.75, 3.05) is 24.8 Å². The molecule has 0 aliphatic carbocycles. The highest BCUT2D eigenvalue weighted by atomic mass is 35.5. The Labute approximate surface area is 175 Å². The fourth-order valence-electron chi connectivity index (χ4n) is 2.79. The third-order valence-corrected chi connectivity index (χ3v) is 4.28. The first-order valence-electron chi connectivity index (χ1n) is 8.59. The molecule has 0 fully saturated rings. The molecule has 164 valence electrons. The highest BCUT2D eigenvalue weighted by Crippen LogP contribution is 2.40. The first-order chi connectivity index (χ1) is 13.8. The number of alkyl halides is 3. The van der Waals surface area contributed by atoms with Gasteiger partial charge in [0, 0.05) is 25.2 Å². The van der Waals surface area contributed by atoms with Gasteiger partial charge in [-0.2, -0.15) is 18.2 Å². The van der Waals surface area contributed by atoms with Crippen LogP contribution in [0.25, 0.3) is 0 Å². The lowest BCUT2D eigenvalue weighted by molar-refractivity contribution is -0.137. The van der Waals surface area contributed by atoms with Crippen molar-refractivity contribution in [1.29, 1.82) is 0 Å². The Bertz CT molecular complexity index is 962. The van der Waals surface area contributed by atoms with E-state index in [9.17, 15) is 23.1 Å². The molecule has 0 saturated heterocycles. The van der Waals surface area contributed by atoms with Crippen molar-refractivity contribution in [3.8, 4) is 5.75 Å². The Morgan fingerprint density at radius 2 is 2.00 bits per heavy atom. The van der Waals surface area contributed by atoms with Gasteiger partial charge in [0.05, 0.1) is 29.0 Å². The molecule has 0 saturated carbocycles. The number of benzene rings is 1. The van der Waals surface area contributed by atoms with E-state index < -0.39 is 29.1 Å². The summed E-state index contributed by atoms with van der Waals surface area (Å²) in [5, 5.41) is 15.4. The zero-order valence-electron chi connectivity index (χ0n) is 16.6. The molecule has 0 aliphatic heterocycles. The maximum Gasteiger partial charge on any atom is 0.421 e. The van der Waals surface area contributed by atoms with Gasteiger partial charge in [0.25, 0.3) is 5.91 Å². The maximum atomic E-state index is 13.1. The molecular formula is C18H21ClF3N5O3. The number of nitrogens with two attached hydrogens (primary N) is 1. The highest BCUT2D eigenvalue weighted by Gasteiger charge is 2.35. The number of methoxy groups -OCH3 is 1. The lowest BCUT2D eigenvalue weighted by atomic mass is 9.94. The van der Waals surface area contributed by atoms with Gasteiger partial charge < -0.3 is 26.2 Å². The molecule has 0 aliphatic rings. The third kappa shape index (κ3) is 5.22. The number of nitrogens with one attached hydrogen (secondary N) is 2. The number of rotatable bonds is 7. The third-order valence-electron chi connectivity index (χ3n) is 3.98. The van der Waals surface area contributed by atoms with Crippen LogP contribution in [0.1, 0.15) is 35.3 Å². The Balaban J connectivity index is 2.65. The van der Waals surface area contributed by atoms with Crippen LogP contribution in [-0.4, -0.2) is 40.7 Å². The van der Waals surface area contributed by atoms with Crippen LogP contribution in [0.3, 0.4) is 0 Å². The van der Waals surface area contributed by atoms with Gasteiger partial charge in [-0.15, -0.1) is 0 Å². The summed E-state index contributed by atoms with van der Waals surface area (Å²) in [7, 11) is 2.60. The average Bonchev–Trinajstić information content (AvgIpc) is 2.62. The van der Waals surface area contributed by atoms with E-state index in [0.29, 0.717) is 6.20 Å².